The molecule has 5 N–H and O–H groups in total. The zero-order valence-corrected chi connectivity index (χ0v) is 19.2. The van der Waals surface area contributed by atoms with E-state index in [-0.39, 0.29) is 29.9 Å². The molecule has 3 aromatic rings. The number of carbonyl (C=O) groups is 4. The Bertz CT molecular complexity index is 1180. The van der Waals surface area contributed by atoms with Crippen molar-refractivity contribution in [3.05, 3.63) is 65.2 Å². The average Bonchev–Trinajstić information content (AvgIpc) is 3.19. The molecule has 0 atom stereocenters. The second-order valence-electron chi connectivity index (χ2n) is 6.87. The minimum atomic E-state index is -0.535. The van der Waals surface area contributed by atoms with Crippen LogP contribution in [0.1, 0.15) is 23.0 Å². The van der Waals surface area contributed by atoms with Crippen LogP contribution in [0.4, 0.5) is 17.1 Å². The molecule has 1 heterocycles. The van der Waals surface area contributed by atoms with Gasteiger partial charge in [0.2, 0.25) is 23.6 Å². The van der Waals surface area contributed by atoms with E-state index in [2.05, 4.69) is 20.9 Å². The van der Waals surface area contributed by atoms with E-state index in [0.717, 1.165) is 0 Å². The molecule has 0 saturated carbocycles. The van der Waals surface area contributed by atoms with Crippen molar-refractivity contribution in [3.8, 4) is 0 Å². The summed E-state index contributed by atoms with van der Waals surface area (Å²) in [6.45, 7) is 1.41. The number of hydrogen-bond acceptors (Lipinski definition) is 7. The fourth-order valence-corrected chi connectivity index (χ4v) is 4.37. The molecule has 0 spiro atoms. The second kappa shape index (κ2) is 11.2. The van der Waals surface area contributed by atoms with Crippen LogP contribution in [0.15, 0.2) is 58.3 Å². The quantitative estimate of drug-likeness (QED) is 0.344. The van der Waals surface area contributed by atoms with Gasteiger partial charge in [0, 0.05) is 34.9 Å². The van der Waals surface area contributed by atoms with Crippen LogP contribution < -0.4 is 21.7 Å². The predicted molar refractivity (Wildman–Crippen MR) is 130 cm³/mol. The Morgan fingerprint density at radius 1 is 0.939 bits per heavy atom. The number of rotatable bonds is 9. The number of carbonyl (C=O) groups excluding carboxylic acids is 4. The average molecular weight is 484 g/mol. The highest BCUT2D eigenvalue weighted by Gasteiger charge is 2.11. The Morgan fingerprint density at radius 3 is 2.27 bits per heavy atom. The molecule has 0 saturated heterocycles. The van der Waals surface area contributed by atoms with Gasteiger partial charge >= 0.3 is 0 Å². The highest BCUT2D eigenvalue weighted by molar-refractivity contribution is 8.01. The monoisotopic (exact) mass is 483 g/mol. The van der Waals surface area contributed by atoms with Crippen molar-refractivity contribution in [3.63, 3.8) is 0 Å². The van der Waals surface area contributed by atoms with Gasteiger partial charge in [-0.2, -0.15) is 0 Å². The van der Waals surface area contributed by atoms with Gasteiger partial charge in [-0.3, -0.25) is 19.2 Å². The molecule has 0 bridgehead atoms. The number of nitrogens with two attached hydrogens (primary N) is 1. The Labute approximate surface area is 198 Å². The Balaban J connectivity index is 1.46. The van der Waals surface area contributed by atoms with Crippen LogP contribution in [0.2, 0.25) is 0 Å². The standard InChI is InChI=1S/C22H21N5O4S2/c1-13(28)24-16-3-2-4-17(9-16)26-20(30)12-33-22-27-18(11-32-22)10-19(29)25-15-7-5-14(6-8-15)21(23)31/h2-9,11H,10,12H2,1H3,(H2,23,31)(H,24,28)(H,25,29)(H,26,30). The van der Waals surface area contributed by atoms with Gasteiger partial charge in [-0.25, -0.2) is 4.98 Å². The van der Waals surface area contributed by atoms with E-state index in [1.165, 1.54) is 42.2 Å². The molecular weight excluding hydrogens is 462 g/mol. The van der Waals surface area contributed by atoms with E-state index >= 15 is 0 Å². The van der Waals surface area contributed by atoms with Gasteiger partial charge in [0.15, 0.2) is 4.34 Å². The highest BCUT2D eigenvalue weighted by atomic mass is 32.2. The fourth-order valence-electron chi connectivity index (χ4n) is 2.73. The fraction of sp³-hybridized carbons (Fsp3) is 0.136. The summed E-state index contributed by atoms with van der Waals surface area (Å²) in [6.07, 6.45) is 0.0801. The lowest BCUT2D eigenvalue weighted by Crippen LogP contribution is -2.15. The van der Waals surface area contributed by atoms with Gasteiger partial charge in [-0.05, 0) is 42.5 Å². The molecule has 0 aliphatic carbocycles. The predicted octanol–water partition coefficient (Wildman–Crippen LogP) is 3.11. The lowest BCUT2D eigenvalue weighted by molar-refractivity contribution is -0.116. The first kappa shape index (κ1) is 24.0. The maximum Gasteiger partial charge on any atom is 0.248 e. The number of thiazole rings is 1. The number of nitrogens with one attached hydrogen (secondary N) is 3. The van der Waals surface area contributed by atoms with Crippen molar-refractivity contribution in [2.24, 2.45) is 5.73 Å². The SMILES string of the molecule is CC(=O)Nc1cccc(NC(=O)CSc2nc(CC(=O)Nc3ccc(C(N)=O)cc3)cs2)c1. The van der Waals surface area contributed by atoms with E-state index in [9.17, 15) is 19.2 Å². The van der Waals surface area contributed by atoms with Crippen molar-refractivity contribution in [1.82, 2.24) is 4.98 Å². The van der Waals surface area contributed by atoms with Crippen molar-refractivity contribution in [1.29, 1.82) is 0 Å². The number of primary amides is 1. The van der Waals surface area contributed by atoms with Gasteiger partial charge in [-0.15, -0.1) is 11.3 Å². The maximum absolute atomic E-state index is 12.2. The molecule has 0 fully saturated rings. The number of anilines is 3. The zero-order chi connectivity index (χ0) is 23.8. The summed E-state index contributed by atoms with van der Waals surface area (Å²) < 4.78 is 0.672. The van der Waals surface area contributed by atoms with E-state index in [1.807, 2.05) is 0 Å². The number of benzene rings is 2. The zero-order valence-electron chi connectivity index (χ0n) is 17.6. The van der Waals surface area contributed by atoms with E-state index < -0.39 is 5.91 Å². The lowest BCUT2D eigenvalue weighted by Gasteiger charge is -2.07. The third kappa shape index (κ3) is 7.74. The van der Waals surface area contributed by atoms with E-state index in [0.29, 0.717) is 32.7 Å². The number of nitrogens with zero attached hydrogens (tertiary/aromatic N) is 1. The van der Waals surface area contributed by atoms with Crippen molar-refractivity contribution >= 4 is 63.8 Å². The van der Waals surface area contributed by atoms with E-state index in [1.54, 1.807) is 41.8 Å². The number of thioether (sulfide) groups is 1. The number of amides is 4. The summed E-state index contributed by atoms with van der Waals surface area (Å²) in [5.41, 5.74) is 7.88. The first-order valence-electron chi connectivity index (χ1n) is 9.73. The maximum atomic E-state index is 12.2. The molecule has 11 heteroatoms. The third-order valence-corrected chi connectivity index (χ3v) is 6.19. The van der Waals surface area contributed by atoms with Crippen LogP contribution in [0.5, 0.6) is 0 Å². The largest absolute Gasteiger partial charge is 0.366 e. The van der Waals surface area contributed by atoms with Gasteiger partial charge in [0.25, 0.3) is 0 Å². The molecule has 0 radical (unpaired) electrons. The molecule has 0 aliphatic rings. The van der Waals surface area contributed by atoms with Crippen LogP contribution >= 0.6 is 23.1 Å². The minimum absolute atomic E-state index is 0.0801. The minimum Gasteiger partial charge on any atom is -0.366 e. The van der Waals surface area contributed by atoms with Gasteiger partial charge in [0.1, 0.15) is 0 Å². The summed E-state index contributed by atoms with van der Waals surface area (Å²) in [5, 5.41) is 9.94. The summed E-state index contributed by atoms with van der Waals surface area (Å²) in [4.78, 5) is 51.1. The Hall–Kier alpha value is -3.70. The topological polar surface area (TPSA) is 143 Å². The lowest BCUT2D eigenvalue weighted by atomic mass is 10.2. The van der Waals surface area contributed by atoms with Crippen molar-refractivity contribution in [2.45, 2.75) is 17.7 Å². The summed E-state index contributed by atoms with van der Waals surface area (Å²) in [5.74, 6) is -1.04. The molecule has 3 rings (SSSR count). The molecule has 170 valence electrons. The first-order valence-corrected chi connectivity index (χ1v) is 11.6. The van der Waals surface area contributed by atoms with Crippen LogP contribution in [0, 0.1) is 0 Å². The molecule has 4 amide bonds. The van der Waals surface area contributed by atoms with Crippen LogP contribution in [0.25, 0.3) is 0 Å². The Morgan fingerprint density at radius 2 is 1.61 bits per heavy atom. The van der Waals surface area contributed by atoms with Crippen molar-refractivity contribution in [2.75, 3.05) is 21.7 Å². The third-order valence-electron chi connectivity index (χ3n) is 4.12. The molecule has 33 heavy (non-hydrogen) atoms. The van der Waals surface area contributed by atoms with Crippen LogP contribution in [-0.4, -0.2) is 34.4 Å². The molecule has 0 aliphatic heterocycles. The smallest absolute Gasteiger partial charge is 0.248 e. The number of hydrogen-bond donors (Lipinski definition) is 4. The van der Waals surface area contributed by atoms with Crippen LogP contribution in [-0.2, 0) is 20.8 Å². The number of aromatic nitrogens is 1. The summed E-state index contributed by atoms with van der Waals surface area (Å²) in [6, 6.07) is 13.2. The molecule has 2 aromatic carbocycles. The van der Waals surface area contributed by atoms with Crippen molar-refractivity contribution < 1.29 is 19.2 Å². The van der Waals surface area contributed by atoms with Gasteiger partial charge < -0.3 is 21.7 Å². The second-order valence-corrected chi connectivity index (χ2v) is 8.95. The normalized spacial score (nSPS) is 10.3. The molecule has 0 unspecified atom stereocenters. The van der Waals surface area contributed by atoms with Crippen LogP contribution in [0.3, 0.4) is 0 Å². The highest BCUT2D eigenvalue weighted by Crippen LogP contribution is 2.24. The van der Waals surface area contributed by atoms with Gasteiger partial charge in [-0.1, -0.05) is 17.8 Å². The molecular formula is C22H21N5O4S2. The molecule has 1 aromatic heterocycles. The Kier molecular flexibility index (Phi) is 8.17. The molecule has 9 nitrogen and oxygen atoms in total. The first-order chi connectivity index (χ1) is 15.8. The summed E-state index contributed by atoms with van der Waals surface area (Å²) in [7, 11) is 0. The van der Waals surface area contributed by atoms with Gasteiger partial charge in [0.05, 0.1) is 17.9 Å². The summed E-state index contributed by atoms with van der Waals surface area (Å²) >= 11 is 2.62. The van der Waals surface area contributed by atoms with E-state index in [4.69, 9.17) is 5.73 Å².